The standard InChI is InChI=1S/C92H123N7O/c1-51-30-37-72-65(44-51)79(52(2)86(9,10)93(72)23)59-31-38-73-66(45-59)80(53(3)87(11,12)94(73)24)60-32-39-74-67(46-60)81(54(4)88(13,14)95(74)25)61-33-40-75-68(47-61)82(55(5)89(15,16)96(75)26)62-34-41-76-69(48-62)83(56(6)90(17,18)97(76)27)63-35-42-77-70(49-63)84(57(7)91(19,20)98(77)28)64-36-43-78-71(50-64)85(100)58(8)92(21,22)99(78)29/h30-50,52-58,79-85,100H,1-29H3. The minimum atomic E-state index is -0.544. The van der Waals surface area contributed by atoms with E-state index in [2.05, 4.69) is 363 Å². The highest BCUT2D eigenvalue weighted by atomic mass is 16.3. The monoisotopic (exact) mass is 1340 g/mol. The van der Waals surface area contributed by atoms with Gasteiger partial charge in [-0.3, -0.25) is 0 Å². The molecule has 0 saturated heterocycles. The molecule has 0 bridgehead atoms. The Kier molecular flexibility index (Phi) is 16.2. The van der Waals surface area contributed by atoms with Crippen molar-refractivity contribution in [2.24, 2.45) is 41.4 Å². The summed E-state index contributed by atoms with van der Waals surface area (Å²) in [4.78, 5) is 17.9. The second-order valence-corrected chi connectivity index (χ2v) is 37.3. The van der Waals surface area contributed by atoms with E-state index in [-0.39, 0.29) is 98.0 Å². The summed E-state index contributed by atoms with van der Waals surface area (Å²) in [7, 11) is 16.2. The van der Waals surface area contributed by atoms with Gasteiger partial charge < -0.3 is 39.4 Å². The lowest BCUT2D eigenvalue weighted by molar-refractivity contribution is 0.0689. The first-order valence-corrected chi connectivity index (χ1v) is 38.3. The molecule has 8 heteroatoms. The van der Waals surface area contributed by atoms with Crippen LogP contribution >= 0.6 is 0 Å². The van der Waals surface area contributed by atoms with E-state index in [1.165, 1.54) is 106 Å². The van der Waals surface area contributed by atoms with Crippen LogP contribution in [-0.4, -0.2) is 93.2 Å². The van der Waals surface area contributed by atoms with E-state index < -0.39 is 6.10 Å². The van der Waals surface area contributed by atoms with Gasteiger partial charge in [-0.25, -0.2) is 0 Å². The molecule has 7 aromatic carbocycles. The molecule has 8 nitrogen and oxygen atoms in total. The van der Waals surface area contributed by atoms with E-state index in [1.807, 2.05) is 0 Å². The van der Waals surface area contributed by atoms with Crippen LogP contribution in [0.25, 0.3) is 0 Å². The second-order valence-electron chi connectivity index (χ2n) is 37.3. The van der Waals surface area contributed by atoms with Crippen LogP contribution in [0.15, 0.2) is 127 Å². The molecular formula is C92H123N7O. The van der Waals surface area contributed by atoms with E-state index in [9.17, 15) is 5.11 Å². The molecule has 14 rings (SSSR count). The summed E-state index contributed by atoms with van der Waals surface area (Å²) in [6.45, 7) is 53.6. The molecule has 7 aliphatic heterocycles. The van der Waals surface area contributed by atoms with Crippen molar-refractivity contribution in [3.8, 4) is 0 Å². The molecule has 7 aromatic rings. The summed E-state index contributed by atoms with van der Waals surface area (Å²) in [5, 5.41) is 12.1. The second kappa shape index (κ2) is 23.1. The van der Waals surface area contributed by atoms with Crippen molar-refractivity contribution in [2.45, 2.75) is 233 Å². The van der Waals surface area contributed by atoms with Gasteiger partial charge in [-0.15, -0.1) is 0 Å². The molecule has 1 N–H and O–H groups in total. The van der Waals surface area contributed by atoms with E-state index in [4.69, 9.17) is 0 Å². The van der Waals surface area contributed by atoms with E-state index >= 15 is 0 Å². The third-order valence-electron chi connectivity index (χ3n) is 31.8. The molecule has 0 aliphatic carbocycles. The molecule has 0 spiro atoms. The Hall–Kier alpha value is -6.90. The molecule has 14 unspecified atom stereocenters. The number of hydrogen-bond acceptors (Lipinski definition) is 8. The van der Waals surface area contributed by atoms with E-state index in [0.29, 0.717) is 17.8 Å². The fourth-order valence-electron chi connectivity index (χ4n) is 21.0. The zero-order valence-electron chi connectivity index (χ0n) is 66.8. The predicted octanol–water partition coefficient (Wildman–Crippen LogP) is 20.9. The van der Waals surface area contributed by atoms with Crippen molar-refractivity contribution in [1.82, 2.24) is 0 Å². The first-order chi connectivity index (χ1) is 46.5. The van der Waals surface area contributed by atoms with Crippen molar-refractivity contribution in [3.63, 3.8) is 0 Å². The highest BCUT2D eigenvalue weighted by Gasteiger charge is 2.53. The number of rotatable bonds is 6. The van der Waals surface area contributed by atoms with Gasteiger partial charge >= 0.3 is 0 Å². The maximum Gasteiger partial charge on any atom is 0.0857 e. The van der Waals surface area contributed by atoms with Crippen LogP contribution in [0.5, 0.6) is 0 Å². The van der Waals surface area contributed by atoms with Crippen molar-refractivity contribution in [2.75, 3.05) is 83.6 Å². The van der Waals surface area contributed by atoms with Crippen LogP contribution in [0, 0.1) is 48.3 Å². The number of aliphatic hydroxyl groups is 1. The SMILES string of the molecule is Cc1ccc2c(c1)C(c1ccc3c(c1)C(c1ccc4c(c1)C(c1ccc5c(c1)C(c1ccc6c(c1)C(c1ccc7c(c1)C(c1ccc8c(c1)C(O)C(C)C(C)(C)N8C)C(C)C(C)(C)N7C)C(C)C(C)(C)N6C)C(C)C(C)(C)N5C)C(C)C(C)(C)N4C)C(C)C(C)(C)N3C)C(C)C(C)(C)N2C. The number of fused-ring (bicyclic) bond motifs is 7. The summed E-state index contributed by atoms with van der Waals surface area (Å²) in [5.74, 6) is 2.92. The maximum atomic E-state index is 12.1. The van der Waals surface area contributed by atoms with Crippen molar-refractivity contribution in [1.29, 1.82) is 0 Å². The van der Waals surface area contributed by atoms with Gasteiger partial charge in [0.05, 0.1) is 6.10 Å². The lowest BCUT2D eigenvalue weighted by atomic mass is 9.63. The number of aliphatic hydroxyl groups excluding tert-OH is 1. The van der Waals surface area contributed by atoms with Gasteiger partial charge in [0.1, 0.15) is 0 Å². The van der Waals surface area contributed by atoms with E-state index in [1.54, 1.807) is 0 Å². The van der Waals surface area contributed by atoms with Crippen molar-refractivity contribution >= 4 is 39.8 Å². The molecule has 14 atom stereocenters. The molecule has 100 heavy (non-hydrogen) atoms. The smallest absolute Gasteiger partial charge is 0.0857 e. The van der Waals surface area contributed by atoms with Gasteiger partial charge in [0, 0.05) is 175 Å². The van der Waals surface area contributed by atoms with Crippen LogP contribution < -0.4 is 34.3 Å². The summed E-state index contributed by atoms with van der Waals surface area (Å²) in [6, 6.07) is 52.6. The maximum absolute atomic E-state index is 12.1. The predicted molar refractivity (Wildman–Crippen MR) is 427 cm³/mol. The Morgan fingerprint density at radius 3 is 0.600 bits per heavy atom. The first-order valence-electron chi connectivity index (χ1n) is 38.3. The van der Waals surface area contributed by atoms with Crippen LogP contribution in [0.1, 0.15) is 265 Å². The van der Waals surface area contributed by atoms with E-state index in [0.717, 1.165) is 11.3 Å². The molecule has 0 radical (unpaired) electrons. The largest absolute Gasteiger partial charge is 0.388 e. The first kappa shape index (κ1) is 70.2. The van der Waals surface area contributed by atoms with Crippen molar-refractivity contribution < 1.29 is 5.11 Å². The number of benzene rings is 7. The lowest BCUT2D eigenvalue weighted by Crippen LogP contribution is -2.53. The number of anilines is 7. The zero-order valence-corrected chi connectivity index (χ0v) is 66.8. The fraction of sp³-hybridized carbons (Fsp3) is 0.543. The molecule has 0 fully saturated rings. The molecule has 7 heterocycles. The third kappa shape index (κ3) is 9.70. The molecule has 0 aromatic heterocycles. The summed E-state index contributed by atoms with van der Waals surface area (Å²) in [5.41, 5.74) is 27.6. The molecular weight excluding hydrogens is 1220 g/mol. The minimum Gasteiger partial charge on any atom is -0.388 e. The molecule has 0 saturated carbocycles. The number of aryl methyl sites for hydroxylation is 1. The summed E-state index contributed by atoms with van der Waals surface area (Å²) >= 11 is 0. The summed E-state index contributed by atoms with van der Waals surface area (Å²) < 4.78 is 0. The third-order valence-corrected chi connectivity index (χ3v) is 31.8. The quantitative estimate of drug-likeness (QED) is 0.177. The lowest BCUT2D eigenvalue weighted by Gasteiger charge is -2.54. The van der Waals surface area contributed by atoms with Gasteiger partial charge in [0.15, 0.2) is 0 Å². The van der Waals surface area contributed by atoms with Crippen LogP contribution in [0.4, 0.5) is 39.8 Å². The number of nitrogens with zero attached hydrogens (tertiary/aromatic N) is 7. The van der Waals surface area contributed by atoms with Gasteiger partial charge in [0.2, 0.25) is 0 Å². The molecule has 0 amide bonds. The van der Waals surface area contributed by atoms with Crippen LogP contribution in [0.2, 0.25) is 0 Å². The Morgan fingerprint density at radius 1 is 0.230 bits per heavy atom. The highest BCUT2D eigenvalue weighted by molar-refractivity contribution is 5.74. The normalized spacial score (nSPS) is 30.7. The highest BCUT2D eigenvalue weighted by Crippen LogP contribution is 2.61. The van der Waals surface area contributed by atoms with Gasteiger partial charge in [-0.2, -0.15) is 0 Å². The zero-order chi connectivity index (χ0) is 72.6. The number of hydrogen-bond donors (Lipinski definition) is 1. The average Bonchev–Trinajstić information content (AvgIpc) is 0.722. The Bertz CT molecular complexity index is 4410. The topological polar surface area (TPSA) is 42.9 Å². The molecule has 7 aliphatic rings. The van der Waals surface area contributed by atoms with Crippen molar-refractivity contribution in [3.05, 3.63) is 205 Å². The summed E-state index contributed by atoms with van der Waals surface area (Å²) in [6.07, 6.45) is -0.544. The Balaban J connectivity index is 0.892. The minimum absolute atomic E-state index is 0.0371. The fourth-order valence-corrected chi connectivity index (χ4v) is 21.0. The Labute approximate surface area is 604 Å². The average molecular weight is 1340 g/mol. The molecule has 532 valence electrons. The van der Waals surface area contributed by atoms with Crippen LogP contribution in [0.3, 0.4) is 0 Å². The van der Waals surface area contributed by atoms with Gasteiger partial charge in [-0.05, 0) is 249 Å². The Morgan fingerprint density at radius 2 is 0.390 bits per heavy atom. The van der Waals surface area contributed by atoms with Gasteiger partial charge in [-0.1, -0.05) is 139 Å². The van der Waals surface area contributed by atoms with Gasteiger partial charge in [0.25, 0.3) is 0 Å². The van der Waals surface area contributed by atoms with Crippen LogP contribution in [-0.2, 0) is 0 Å².